The van der Waals surface area contributed by atoms with Crippen LogP contribution in [0.15, 0.2) is 0 Å². The minimum atomic E-state index is -3.66. The molecule has 0 heterocycles. The summed E-state index contributed by atoms with van der Waals surface area (Å²) >= 11 is 0. The monoisotopic (exact) mass is 352 g/mol. The van der Waals surface area contributed by atoms with Crippen molar-refractivity contribution >= 4 is 10.1 Å². The van der Waals surface area contributed by atoms with Crippen molar-refractivity contribution in [3.63, 3.8) is 0 Å². The number of hydrogen-bond donors (Lipinski definition) is 1. The molecule has 23 heavy (non-hydrogen) atoms. The third-order valence-electron chi connectivity index (χ3n) is 4.31. The minimum Gasteiger partial charge on any atom is -0.324 e. The molecule has 1 N–H and O–H groups in total. The Morgan fingerprint density at radius 3 is 1.00 bits per heavy atom. The Bertz CT molecular complexity index is 305. The molecule has 0 aliphatic rings. The molecule has 0 fully saturated rings. The van der Waals surface area contributed by atoms with Gasteiger partial charge in [0.1, 0.15) is 0 Å². The molecule has 0 amide bonds. The molecular formula is C18H42NO3S+. The van der Waals surface area contributed by atoms with E-state index in [0.29, 0.717) is 0 Å². The van der Waals surface area contributed by atoms with Crippen molar-refractivity contribution in [2.75, 3.05) is 31.9 Å². The summed E-state index contributed by atoms with van der Waals surface area (Å²) < 4.78 is 28.3. The van der Waals surface area contributed by atoms with E-state index in [4.69, 9.17) is 4.55 Å². The SMILES string of the molecule is CCCC[N+](CCCC)(CCCC)CCCC.CCS(=O)(=O)O. The zero-order chi connectivity index (χ0) is 18.2. The van der Waals surface area contributed by atoms with E-state index in [1.165, 1.54) is 89.0 Å². The van der Waals surface area contributed by atoms with Gasteiger partial charge in [0.2, 0.25) is 0 Å². The quantitative estimate of drug-likeness (QED) is 0.379. The normalized spacial score (nSPS) is 11.9. The zero-order valence-corrected chi connectivity index (χ0v) is 17.1. The minimum absolute atomic E-state index is 0.201. The topological polar surface area (TPSA) is 54.4 Å². The highest BCUT2D eigenvalue weighted by molar-refractivity contribution is 7.85. The summed E-state index contributed by atoms with van der Waals surface area (Å²) in [5, 5.41) is 0. The van der Waals surface area contributed by atoms with Gasteiger partial charge in [-0.1, -0.05) is 53.4 Å². The average Bonchev–Trinajstić information content (AvgIpc) is 2.53. The molecule has 0 saturated heterocycles. The lowest BCUT2D eigenvalue weighted by atomic mass is 10.1. The first kappa shape index (κ1) is 25.1. The van der Waals surface area contributed by atoms with Crippen LogP contribution in [0.1, 0.15) is 86.0 Å². The highest BCUT2D eigenvalue weighted by Gasteiger charge is 2.24. The maximum Gasteiger partial charge on any atom is 0.264 e. The van der Waals surface area contributed by atoms with Gasteiger partial charge in [-0.15, -0.1) is 0 Å². The second kappa shape index (κ2) is 15.4. The van der Waals surface area contributed by atoms with Gasteiger partial charge in [0, 0.05) is 0 Å². The van der Waals surface area contributed by atoms with Crippen LogP contribution in [0, 0.1) is 0 Å². The summed E-state index contributed by atoms with van der Waals surface area (Å²) in [4.78, 5) is 0. The Hall–Kier alpha value is -0.130. The molecule has 142 valence electrons. The lowest BCUT2D eigenvalue weighted by Gasteiger charge is -2.39. The summed E-state index contributed by atoms with van der Waals surface area (Å²) in [6, 6.07) is 0. The van der Waals surface area contributed by atoms with Crippen molar-refractivity contribution in [1.29, 1.82) is 0 Å². The van der Waals surface area contributed by atoms with E-state index in [0.717, 1.165) is 0 Å². The Morgan fingerprint density at radius 1 is 0.652 bits per heavy atom. The second-order valence-electron chi connectivity index (χ2n) is 6.52. The summed E-state index contributed by atoms with van der Waals surface area (Å²) in [7, 11) is -3.66. The van der Waals surface area contributed by atoms with Crippen molar-refractivity contribution in [2.24, 2.45) is 0 Å². The van der Waals surface area contributed by atoms with Crippen LogP contribution in [0.4, 0.5) is 0 Å². The van der Waals surface area contributed by atoms with Crippen LogP contribution in [-0.2, 0) is 10.1 Å². The fourth-order valence-electron chi connectivity index (χ4n) is 2.64. The smallest absolute Gasteiger partial charge is 0.264 e. The van der Waals surface area contributed by atoms with Gasteiger partial charge in [-0.2, -0.15) is 8.42 Å². The van der Waals surface area contributed by atoms with Crippen molar-refractivity contribution in [3.05, 3.63) is 0 Å². The van der Waals surface area contributed by atoms with Crippen LogP contribution < -0.4 is 0 Å². The van der Waals surface area contributed by atoms with Gasteiger partial charge in [0.15, 0.2) is 0 Å². The van der Waals surface area contributed by atoms with E-state index < -0.39 is 10.1 Å². The summed E-state index contributed by atoms with van der Waals surface area (Å²) in [6.07, 6.45) is 11.1. The van der Waals surface area contributed by atoms with Gasteiger partial charge in [-0.3, -0.25) is 4.55 Å². The average molecular weight is 353 g/mol. The number of hydrogen-bond acceptors (Lipinski definition) is 2. The Kier molecular flexibility index (Phi) is 16.8. The number of rotatable bonds is 13. The molecule has 4 nitrogen and oxygen atoms in total. The Labute approximate surface area is 146 Å². The van der Waals surface area contributed by atoms with Crippen molar-refractivity contribution < 1.29 is 17.5 Å². The first-order valence-corrected chi connectivity index (χ1v) is 11.2. The lowest BCUT2D eigenvalue weighted by Crippen LogP contribution is -2.50. The van der Waals surface area contributed by atoms with Gasteiger partial charge in [0.25, 0.3) is 10.1 Å². The molecule has 0 atom stereocenters. The molecule has 0 rings (SSSR count). The van der Waals surface area contributed by atoms with Crippen LogP contribution in [0.25, 0.3) is 0 Å². The molecule has 0 aliphatic carbocycles. The predicted molar refractivity (Wildman–Crippen MR) is 101 cm³/mol. The van der Waals surface area contributed by atoms with E-state index in [-0.39, 0.29) is 5.75 Å². The standard InChI is InChI=1S/C16H36N.C2H6O3S/c1-5-9-13-17(14-10-6-2,15-11-7-3)16-12-8-4;1-2-6(3,4)5/h5-16H2,1-4H3;2H2,1H3,(H,3,4,5)/q+1;. The van der Waals surface area contributed by atoms with Crippen LogP contribution in [0.2, 0.25) is 0 Å². The maximum atomic E-state index is 9.56. The van der Waals surface area contributed by atoms with Crippen molar-refractivity contribution in [1.82, 2.24) is 0 Å². The van der Waals surface area contributed by atoms with Gasteiger partial charge in [-0.25, -0.2) is 0 Å². The van der Waals surface area contributed by atoms with E-state index in [9.17, 15) is 8.42 Å². The summed E-state index contributed by atoms with van der Waals surface area (Å²) in [5.41, 5.74) is 0. The molecule has 0 bridgehead atoms. The van der Waals surface area contributed by atoms with Gasteiger partial charge < -0.3 is 4.48 Å². The van der Waals surface area contributed by atoms with Crippen LogP contribution in [-0.4, -0.2) is 49.4 Å². The van der Waals surface area contributed by atoms with Gasteiger partial charge in [-0.05, 0) is 32.6 Å². The molecule has 5 heteroatoms. The van der Waals surface area contributed by atoms with Gasteiger partial charge in [0.05, 0.1) is 31.9 Å². The molecule has 0 unspecified atom stereocenters. The Balaban J connectivity index is 0. The van der Waals surface area contributed by atoms with E-state index in [1.54, 1.807) is 0 Å². The van der Waals surface area contributed by atoms with E-state index in [2.05, 4.69) is 27.7 Å². The lowest BCUT2D eigenvalue weighted by molar-refractivity contribution is -0.929. The third kappa shape index (κ3) is 16.5. The van der Waals surface area contributed by atoms with Crippen LogP contribution >= 0.6 is 0 Å². The molecule has 0 aliphatic heterocycles. The van der Waals surface area contributed by atoms with Crippen LogP contribution in [0.3, 0.4) is 0 Å². The maximum absolute atomic E-state index is 9.56. The highest BCUT2D eigenvalue weighted by atomic mass is 32.2. The first-order valence-electron chi connectivity index (χ1n) is 9.61. The molecule has 0 aromatic carbocycles. The molecule has 0 radical (unpaired) electrons. The van der Waals surface area contributed by atoms with Crippen molar-refractivity contribution in [2.45, 2.75) is 86.0 Å². The number of quaternary nitrogens is 1. The fourth-order valence-corrected chi connectivity index (χ4v) is 2.64. The van der Waals surface area contributed by atoms with E-state index in [1.807, 2.05) is 0 Å². The number of nitrogens with zero attached hydrogens (tertiary/aromatic N) is 1. The fraction of sp³-hybridized carbons (Fsp3) is 1.00. The summed E-state index contributed by atoms with van der Waals surface area (Å²) in [5.74, 6) is -0.201. The van der Waals surface area contributed by atoms with Crippen LogP contribution in [0.5, 0.6) is 0 Å². The van der Waals surface area contributed by atoms with E-state index >= 15 is 0 Å². The van der Waals surface area contributed by atoms with Gasteiger partial charge >= 0.3 is 0 Å². The Morgan fingerprint density at radius 2 is 0.870 bits per heavy atom. The third-order valence-corrected chi connectivity index (χ3v) is 5.04. The molecule has 0 aromatic rings. The second-order valence-corrected chi connectivity index (χ2v) is 8.26. The zero-order valence-electron chi connectivity index (χ0n) is 16.3. The molecule has 0 saturated carbocycles. The predicted octanol–water partition coefficient (Wildman–Crippen LogP) is 4.90. The summed E-state index contributed by atoms with van der Waals surface area (Å²) in [6.45, 7) is 16.4. The van der Waals surface area contributed by atoms with Crippen molar-refractivity contribution in [3.8, 4) is 0 Å². The first-order chi connectivity index (χ1) is 10.8. The molecular weight excluding hydrogens is 310 g/mol. The largest absolute Gasteiger partial charge is 0.324 e. The molecule has 0 aromatic heterocycles. The molecule has 0 spiro atoms. The highest BCUT2D eigenvalue weighted by Crippen LogP contribution is 2.16. The number of unbranched alkanes of at least 4 members (excludes halogenated alkanes) is 4.